The predicted molar refractivity (Wildman–Crippen MR) is 112 cm³/mol. The number of benzene rings is 1. The Hall–Kier alpha value is 0.0469. The SMILES string of the molecule is CCCCO[Si](OCCCC)(OCCCC)c1ccc(I)c(C)c1. The van der Waals surface area contributed by atoms with E-state index in [4.69, 9.17) is 13.3 Å². The van der Waals surface area contributed by atoms with E-state index in [0.29, 0.717) is 19.8 Å². The van der Waals surface area contributed by atoms with Crippen molar-refractivity contribution in [1.29, 1.82) is 0 Å². The molecule has 24 heavy (non-hydrogen) atoms. The van der Waals surface area contributed by atoms with Crippen LogP contribution in [0.15, 0.2) is 18.2 Å². The van der Waals surface area contributed by atoms with Gasteiger partial charge in [0.1, 0.15) is 0 Å². The first-order chi connectivity index (χ1) is 11.6. The first-order valence-corrected chi connectivity index (χ1v) is 12.1. The van der Waals surface area contributed by atoms with Gasteiger partial charge in [-0.2, -0.15) is 0 Å². The lowest BCUT2D eigenvalue weighted by Crippen LogP contribution is -2.57. The minimum Gasteiger partial charge on any atom is -0.370 e. The largest absolute Gasteiger partial charge is 0.537 e. The lowest BCUT2D eigenvalue weighted by molar-refractivity contribution is 0.0700. The van der Waals surface area contributed by atoms with Crippen molar-refractivity contribution in [2.45, 2.75) is 66.2 Å². The van der Waals surface area contributed by atoms with Crippen LogP contribution in [-0.4, -0.2) is 28.6 Å². The van der Waals surface area contributed by atoms with Crippen molar-refractivity contribution in [3.05, 3.63) is 27.3 Å². The third kappa shape index (κ3) is 7.12. The maximum absolute atomic E-state index is 6.34. The molecule has 1 aromatic rings. The summed E-state index contributed by atoms with van der Waals surface area (Å²) in [5.74, 6) is 0. The summed E-state index contributed by atoms with van der Waals surface area (Å²) in [4.78, 5) is 0. The summed E-state index contributed by atoms with van der Waals surface area (Å²) < 4.78 is 20.3. The number of unbranched alkanes of at least 4 members (excludes halogenated alkanes) is 3. The zero-order chi connectivity index (χ0) is 17.8. The van der Waals surface area contributed by atoms with Crippen LogP contribution in [0, 0.1) is 10.5 Å². The minimum atomic E-state index is -2.84. The van der Waals surface area contributed by atoms with E-state index in [2.05, 4.69) is 68.5 Å². The Morgan fingerprint density at radius 1 is 0.833 bits per heavy atom. The van der Waals surface area contributed by atoms with E-state index < -0.39 is 8.80 Å². The molecule has 0 aliphatic rings. The smallest absolute Gasteiger partial charge is 0.370 e. The average molecular weight is 464 g/mol. The molecule has 0 fully saturated rings. The van der Waals surface area contributed by atoms with E-state index in [1.165, 1.54) is 9.13 Å². The summed E-state index contributed by atoms with van der Waals surface area (Å²) in [6.45, 7) is 10.8. The van der Waals surface area contributed by atoms with Crippen molar-refractivity contribution in [3.8, 4) is 0 Å². The zero-order valence-corrected chi connectivity index (χ0v) is 18.9. The van der Waals surface area contributed by atoms with E-state index in [1.54, 1.807) is 0 Å². The third-order valence-corrected chi connectivity index (χ3v) is 7.86. The molecule has 138 valence electrons. The van der Waals surface area contributed by atoms with Crippen molar-refractivity contribution in [2.75, 3.05) is 19.8 Å². The highest BCUT2D eigenvalue weighted by atomic mass is 127. The lowest BCUT2D eigenvalue weighted by atomic mass is 10.2. The van der Waals surface area contributed by atoms with Gasteiger partial charge in [-0.25, -0.2) is 0 Å². The second-order valence-electron chi connectivity index (χ2n) is 6.13. The Morgan fingerprint density at radius 3 is 1.67 bits per heavy atom. The number of hydrogen-bond acceptors (Lipinski definition) is 3. The summed E-state index contributed by atoms with van der Waals surface area (Å²) in [5.41, 5.74) is 1.25. The monoisotopic (exact) mass is 464 g/mol. The zero-order valence-electron chi connectivity index (χ0n) is 15.7. The van der Waals surface area contributed by atoms with Crippen LogP contribution in [0.3, 0.4) is 0 Å². The molecule has 0 atom stereocenters. The van der Waals surface area contributed by atoms with Gasteiger partial charge >= 0.3 is 8.80 Å². The highest BCUT2D eigenvalue weighted by Gasteiger charge is 2.44. The van der Waals surface area contributed by atoms with Crippen LogP contribution < -0.4 is 5.19 Å². The molecule has 5 heteroatoms. The highest BCUT2D eigenvalue weighted by Crippen LogP contribution is 2.17. The predicted octanol–water partition coefficient (Wildman–Crippen LogP) is 5.20. The van der Waals surface area contributed by atoms with Crippen LogP contribution in [0.1, 0.15) is 64.9 Å². The van der Waals surface area contributed by atoms with E-state index >= 15 is 0 Å². The summed E-state index contributed by atoms with van der Waals surface area (Å²) in [6, 6.07) is 6.46. The van der Waals surface area contributed by atoms with Gasteiger partial charge < -0.3 is 13.3 Å². The molecular weight excluding hydrogens is 431 g/mol. The van der Waals surface area contributed by atoms with Crippen LogP contribution in [0.5, 0.6) is 0 Å². The molecule has 0 unspecified atom stereocenters. The van der Waals surface area contributed by atoms with Crippen LogP contribution in [-0.2, 0) is 13.3 Å². The normalized spacial score (nSPS) is 11.9. The number of rotatable bonds is 13. The fraction of sp³-hybridized carbons (Fsp3) is 0.684. The van der Waals surface area contributed by atoms with Crippen molar-refractivity contribution >= 4 is 36.6 Å². The molecule has 1 rings (SSSR count). The van der Waals surface area contributed by atoms with Crippen molar-refractivity contribution in [1.82, 2.24) is 0 Å². The van der Waals surface area contributed by atoms with Crippen LogP contribution in [0.25, 0.3) is 0 Å². The van der Waals surface area contributed by atoms with Crippen LogP contribution >= 0.6 is 22.6 Å². The molecule has 1 aromatic carbocycles. The minimum absolute atomic E-state index is 0.700. The number of halogens is 1. The van der Waals surface area contributed by atoms with Gasteiger partial charge in [-0.05, 0) is 60.4 Å². The Balaban J connectivity index is 3.06. The van der Waals surface area contributed by atoms with Crippen molar-refractivity contribution < 1.29 is 13.3 Å². The van der Waals surface area contributed by atoms with Crippen molar-refractivity contribution in [3.63, 3.8) is 0 Å². The maximum atomic E-state index is 6.34. The number of aryl methyl sites for hydroxylation is 1. The lowest BCUT2D eigenvalue weighted by Gasteiger charge is -2.30. The van der Waals surface area contributed by atoms with Gasteiger partial charge in [-0.1, -0.05) is 52.2 Å². The molecule has 0 spiro atoms. The quantitative estimate of drug-likeness (QED) is 0.228. The Kier molecular flexibility index (Phi) is 11.4. The van der Waals surface area contributed by atoms with Gasteiger partial charge in [0, 0.05) is 28.6 Å². The van der Waals surface area contributed by atoms with Crippen molar-refractivity contribution in [2.24, 2.45) is 0 Å². The number of hydrogen-bond donors (Lipinski definition) is 0. The first kappa shape index (κ1) is 22.1. The van der Waals surface area contributed by atoms with Gasteiger partial charge in [0.05, 0.1) is 0 Å². The molecule has 0 aliphatic carbocycles. The second kappa shape index (κ2) is 12.4. The summed E-state index contributed by atoms with van der Waals surface area (Å²) in [6.07, 6.45) is 6.44. The van der Waals surface area contributed by atoms with E-state index in [0.717, 1.165) is 43.7 Å². The fourth-order valence-electron chi connectivity index (χ4n) is 2.26. The van der Waals surface area contributed by atoms with Crippen LogP contribution in [0.4, 0.5) is 0 Å². The van der Waals surface area contributed by atoms with E-state index in [-0.39, 0.29) is 0 Å². The molecule has 0 saturated carbocycles. The van der Waals surface area contributed by atoms with Crippen LogP contribution in [0.2, 0.25) is 0 Å². The Morgan fingerprint density at radius 2 is 1.29 bits per heavy atom. The highest BCUT2D eigenvalue weighted by molar-refractivity contribution is 14.1. The molecule has 0 heterocycles. The van der Waals surface area contributed by atoms with E-state index in [1.807, 2.05) is 0 Å². The molecule has 0 radical (unpaired) electrons. The maximum Gasteiger partial charge on any atom is 0.537 e. The van der Waals surface area contributed by atoms with Gasteiger partial charge in [0.2, 0.25) is 0 Å². The average Bonchev–Trinajstić information content (AvgIpc) is 2.57. The topological polar surface area (TPSA) is 27.7 Å². The first-order valence-electron chi connectivity index (χ1n) is 9.28. The summed E-state index contributed by atoms with van der Waals surface area (Å²) in [5, 5.41) is 1.10. The molecular formula is C19H33IO3Si. The fourth-order valence-corrected chi connectivity index (χ4v) is 5.27. The molecule has 3 nitrogen and oxygen atoms in total. The summed E-state index contributed by atoms with van der Waals surface area (Å²) >= 11 is 2.37. The molecule has 0 bridgehead atoms. The molecule has 0 amide bonds. The van der Waals surface area contributed by atoms with Gasteiger partial charge in [0.15, 0.2) is 0 Å². The van der Waals surface area contributed by atoms with E-state index in [9.17, 15) is 0 Å². The summed E-state index contributed by atoms with van der Waals surface area (Å²) in [7, 11) is -2.84. The Labute approximate surface area is 163 Å². The molecule has 0 aliphatic heterocycles. The Bertz CT molecular complexity index is 441. The van der Waals surface area contributed by atoms with Gasteiger partial charge in [-0.3, -0.25) is 0 Å². The molecule has 0 N–H and O–H groups in total. The standard InChI is InChI=1S/C19H33IO3Si/c1-5-8-13-21-24(22-14-9-6-2,23-15-10-7-3)18-11-12-19(20)17(4)16-18/h11-12,16H,5-10,13-15H2,1-4H3. The molecule has 0 aromatic heterocycles. The third-order valence-electron chi connectivity index (χ3n) is 3.88. The molecule has 0 saturated heterocycles. The second-order valence-corrected chi connectivity index (χ2v) is 9.84. The van der Waals surface area contributed by atoms with Gasteiger partial charge in [0.25, 0.3) is 0 Å². The van der Waals surface area contributed by atoms with Gasteiger partial charge in [-0.15, -0.1) is 0 Å².